The van der Waals surface area contributed by atoms with Gasteiger partial charge < -0.3 is 5.11 Å². The molecule has 0 spiro atoms. The van der Waals surface area contributed by atoms with E-state index in [2.05, 4.69) is 24.3 Å². The van der Waals surface area contributed by atoms with Gasteiger partial charge in [0.1, 0.15) is 5.75 Å². The number of fused-ring (bicyclic) bond motifs is 1. The van der Waals surface area contributed by atoms with Crippen molar-refractivity contribution in [3.63, 3.8) is 0 Å². The van der Waals surface area contributed by atoms with Gasteiger partial charge in [-0.2, -0.15) is 0 Å². The summed E-state index contributed by atoms with van der Waals surface area (Å²) < 4.78 is 0. The molecule has 0 atom stereocenters. The number of hydrogen-bond donors (Lipinski definition) is 1. The van der Waals surface area contributed by atoms with Crippen LogP contribution in [0.3, 0.4) is 0 Å². The van der Waals surface area contributed by atoms with Crippen LogP contribution in [0.1, 0.15) is 22.3 Å². The molecule has 2 aromatic carbocycles. The number of hydrogen-bond acceptors (Lipinski definition) is 1. The summed E-state index contributed by atoms with van der Waals surface area (Å²) in [5.74, 6) is 0.339. The molecule has 90 valence electrons. The predicted octanol–water partition coefficient (Wildman–Crippen LogP) is 3.75. The second kappa shape index (κ2) is 4.69. The molecule has 0 saturated heterocycles. The Bertz CT molecular complexity index is 596. The average Bonchev–Trinajstić information content (AvgIpc) is 2.35. The summed E-state index contributed by atoms with van der Waals surface area (Å²) in [6.07, 6.45) is 7.47. The maximum atomic E-state index is 9.65. The van der Waals surface area contributed by atoms with E-state index in [1.54, 1.807) is 6.07 Å². The lowest BCUT2D eigenvalue weighted by atomic mass is 9.87. The summed E-state index contributed by atoms with van der Waals surface area (Å²) in [5.41, 5.74) is 5.23. The highest BCUT2D eigenvalue weighted by molar-refractivity contribution is 5.56. The highest BCUT2D eigenvalue weighted by Crippen LogP contribution is 2.24. The van der Waals surface area contributed by atoms with Crippen LogP contribution in [0.15, 0.2) is 48.5 Å². The third-order valence-electron chi connectivity index (χ3n) is 3.52. The van der Waals surface area contributed by atoms with Crippen molar-refractivity contribution in [1.29, 1.82) is 0 Å². The highest BCUT2D eigenvalue weighted by atomic mass is 16.3. The number of aryl methyl sites for hydroxylation is 2. The van der Waals surface area contributed by atoms with Crippen molar-refractivity contribution in [2.75, 3.05) is 0 Å². The molecule has 0 heterocycles. The summed E-state index contributed by atoms with van der Waals surface area (Å²) >= 11 is 0. The Kier molecular flexibility index (Phi) is 2.89. The molecule has 1 nitrogen and oxygen atoms in total. The van der Waals surface area contributed by atoms with Crippen LogP contribution in [-0.4, -0.2) is 5.11 Å². The van der Waals surface area contributed by atoms with Gasteiger partial charge in [0.05, 0.1) is 0 Å². The van der Waals surface area contributed by atoms with Crippen LogP contribution >= 0.6 is 0 Å². The molecule has 0 unspecified atom stereocenters. The summed E-state index contributed by atoms with van der Waals surface area (Å²) in [6.45, 7) is 0. The van der Waals surface area contributed by atoms with Crippen LogP contribution in [0.4, 0.5) is 0 Å². The van der Waals surface area contributed by atoms with Crippen molar-refractivity contribution >= 4 is 6.08 Å². The molecule has 3 rings (SSSR count). The molecule has 18 heavy (non-hydrogen) atoms. The van der Waals surface area contributed by atoms with Gasteiger partial charge in [-0.1, -0.05) is 48.6 Å². The van der Waals surface area contributed by atoms with Gasteiger partial charge in [-0.15, -0.1) is 0 Å². The fraction of sp³-hybridized carbons (Fsp3) is 0.176. The van der Waals surface area contributed by atoms with E-state index in [9.17, 15) is 5.11 Å². The fourth-order valence-electron chi connectivity index (χ4n) is 2.33. The van der Waals surface area contributed by atoms with E-state index >= 15 is 0 Å². The van der Waals surface area contributed by atoms with Crippen LogP contribution in [0, 0.1) is 0 Å². The first-order valence-electron chi connectivity index (χ1n) is 6.38. The summed E-state index contributed by atoms with van der Waals surface area (Å²) in [6, 6.07) is 14.1. The molecule has 0 amide bonds. The number of phenols is 1. The van der Waals surface area contributed by atoms with Crippen molar-refractivity contribution in [1.82, 2.24) is 0 Å². The molecule has 1 aliphatic carbocycles. The minimum Gasteiger partial charge on any atom is -0.507 e. The van der Waals surface area contributed by atoms with Gasteiger partial charge in [0.15, 0.2) is 0 Å². The van der Waals surface area contributed by atoms with E-state index in [1.165, 1.54) is 29.5 Å². The molecule has 0 radical (unpaired) electrons. The smallest absolute Gasteiger partial charge is 0.122 e. The zero-order valence-corrected chi connectivity index (χ0v) is 10.3. The zero-order valence-electron chi connectivity index (χ0n) is 10.3. The van der Waals surface area contributed by atoms with Crippen LogP contribution in [0.2, 0.25) is 0 Å². The van der Waals surface area contributed by atoms with E-state index in [-0.39, 0.29) is 0 Å². The van der Waals surface area contributed by atoms with Gasteiger partial charge in [-0.25, -0.2) is 0 Å². The van der Waals surface area contributed by atoms with Gasteiger partial charge in [-0.3, -0.25) is 0 Å². The number of phenolic OH excluding ortho intramolecular Hbond substituents is 1. The lowest BCUT2D eigenvalue weighted by Crippen LogP contribution is -2.08. The van der Waals surface area contributed by atoms with Crippen molar-refractivity contribution in [2.24, 2.45) is 0 Å². The molecule has 0 saturated carbocycles. The average molecular weight is 236 g/mol. The Morgan fingerprint density at radius 1 is 1.00 bits per heavy atom. The Labute approximate surface area is 107 Å². The van der Waals surface area contributed by atoms with E-state index in [4.69, 9.17) is 0 Å². The normalized spacial score (nSPS) is 13.3. The van der Waals surface area contributed by atoms with Gasteiger partial charge in [0.25, 0.3) is 0 Å². The molecule has 0 aromatic heterocycles. The Morgan fingerprint density at radius 3 is 2.56 bits per heavy atom. The summed E-state index contributed by atoms with van der Waals surface area (Å²) in [7, 11) is 0. The Balaban J connectivity index is 1.70. The maximum Gasteiger partial charge on any atom is 0.122 e. The lowest BCUT2D eigenvalue weighted by Gasteiger charge is -2.18. The second-order valence-corrected chi connectivity index (χ2v) is 4.77. The monoisotopic (exact) mass is 236 g/mol. The van der Waals surface area contributed by atoms with Crippen LogP contribution in [-0.2, 0) is 19.3 Å². The zero-order chi connectivity index (χ0) is 12.4. The van der Waals surface area contributed by atoms with Crippen molar-refractivity contribution in [3.8, 4) is 5.75 Å². The van der Waals surface area contributed by atoms with Crippen LogP contribution in [0.5, 0.6) is 5.75 Å². The SMILES string of the molecule is Oc1ccccc1/C=C/Cc1ccc2c(c1)CC2. The minimum absolute atomic E-state index is 0.339. The lowest BCUT2D eigenvalue weighted by molar-refractivity contribution is 0.474. The summed E-state index contributed by atoms with van der Waals surface area (Å²) in [5, 5.41) is 9.65. The van der Waals surface area contributed by atoms with E-state index < -0.39 is 0 Å². The summed E-state index contributed by atoms with van der Waals surface area (Å²) in [4.78, 5) is 0. The molecule has 2 aromatic rings. The van der Waals surface area contributed by atoms with Crippen LogP contribution in [0.25, 0.3) is 6.08 Å². The predicted molar refractivity (Wildman–Crippen MR) is 74.7 cm³/mol. The number of para-hydroxylation sites is 1. The molecular formula is C17H16O. The van der Waals surface area contributed by atoms with Gasteiger partial charge in [0.2, 0.25) is 0 Å². The Hall–Kier alpha value is -2.02. The maximum absolute atomic E-state index is 9.65. The van der Waals surface area contributed by atoms with Gasteiger partial charge in [0, 0.05) is 5.56 Å². The molecular weight excluding hydrogens is 220 g/mol. The molecule has 1 aliphatic rings. The van der Waals surface area contributed by atoms with Crippen molar-refractivity contribution in [3.05, 3.63) is 70.8 Å². The first kappa shape index (κ1) is 11.1. The van der Waals surface area contributed by atoms with E-state index in [1.807, 2.05) is 24.3 Å². The number of aromatic hydroxyl groups is 1. The number of allylic oxidation sites excluding steroid dienone is 1. The van der Waals surface area contributed by atoms with Crippen LogP contribution < -0.4 is 0 Å². The minimum atomic E-state index is 0.339. The highest BCUT2D eigenvalue weighted by Gasteiger charge is 2.11. The quantitative estimate of drug-likeness (QED) is 0.860. The fourth-order valence-corrected chi connectivity index (χ4v) is 2.33. The standard InChI is InChI=1S/C17H16O/c18-17-7-2-1-5-15(17)6-3-4-13-8-9-14-10-11-16(14)12-13/h1-3,5-9,12,18H,4,10-11H2/b6-3+. The topological polar surface area (TPSA) is 20.2 Å². The van der Waals surface area contributed by atoms with E-state index in [0.29, 0.717) is 5.75 Å². The van der Waals surface area contributed by atoms with Crippen molar-refractivity contribution < 1.29 is 5.11 Å². The molecule has 0 fully saturated rings. The number of benzene rings is 2. The Morgan fingerprint density at radius 2 is 1.83 bits per heavy atom. The second-order valence-electron chi connectivity index (χ2n) is 4.77. The molecule has 0 bridgehead atoms. The third-order valence-corrected chi connectivity index (χ3v) is 3.52. The molecule has 0 aliphatic heterocycles. The van der Waals surface area contributed by atoms with E-state index in [0.717, 1.165) is 12.0 Å². The molecule has 1 heteroatoms. The first-order chi connectivity index (χ1) is 8.83. The molecule has 1 N–H and O–H groups in total. The van der Waals surface area contributed by atoms with Crippen molar-refractivity contribution in [2.45, 2.75) is 19.3 Å². The van der Waals surface area contributed by atoms with Gasteiger partial charge >= 0.3 is 0 Å². The van der Waals surface area contributed by atoms with Gasteiger partial charge in [-0.05, 0) is 42.0 Å². The third kappa shape index (κ3) is 2.17. The first-order valence-corrected chi connectivity index (χ1v) is 6.38. The number of rotatable bonds is 3. The largest absolute Gasteiger partial charge is 0.507 e.